The van der Waals surface area contributed by atoms with Gasteiger partial charge in [0, 0.05) is 22.4 Å². The van der Waals surface area contributed by atoms with E-state index in [1.165, 1.54) is 16.0 Å². The predicted octanol–water partition coefficient (Wildman–Crippen LogP) is 6.93. The average Bonchev–Trinajstić information content (AvgIpc) is 2.72. The molecule has 148 valence electrons. The van der Waals surface area contributed by atoms with E-state index >= 15 is 0 Å². The van der Waals surface area contributed by atoms with Crippen molar-refractivity contribution in [1.29, 1.82) is 0 Å². The minimum Gasteiger partial charge on any atom is -0.323 e. The van der Waals surface area contributed by atoms with Crippen molar-refractivity contribution in [3.63, 3.8) is 0 Å². The summed E-state index contributed by atoms with van der Waals surface area (Å²) in [5, 5.41) is 2.92. The Morgan fingerprint density at radius 1 is 0.897 bits per heavy atom. The standard InChI is InChI=1S/C26H27NOS/c1-26(2,3)22-14-9-20(10-15-22)13-18-25(28)27-23-16-11-21(12-17-23)19-29-24-7-5-4-6-8-24/h4-18H,19H2,1-3H3,(H,27,28)/b18-13+. The molecular formula is C26H27NOS. The van der Waals surface area contributed by atoms with E-state index in [2.05, 4.69) is 62.5 Å². The molecule has 0 atom stereocenters. The lowest BCUT2D eigenvalue weighted by molar-refractivity contribution is -0.111. The molecule has 0 aliphatic rings. The quantitative estimate of drug-likeness (QED) is 0.358. The fraction of sp³-hybridized carbons (Fsp3) is 0.192. The summed E-state index contributed by atoms with van der Waals surface area (Å²) < 4.78 is 0. The Balaban J connectivity index is 1.51. The zero-order valence-electron chi connectivity index (χ0n) is 17.2. The summed E-state index contributed by atoms with van der Waals surface area (Å²) in [7, 11) is 0. The molecule has 3 aromatic carbocycles. The number of hydrogen-bond donors (Lipinski definition) is 1. The third-order valence-electron chi connectivity index (χ3n) is 4.57. The monoisotopic (exact) mass is 401 g/mol. The van der Waals surface area contributed by atoms with Gasteiger partial charge < -0.3 is 5.32 Å². The molecule has 0 saturated heterocycles. The van der Waals surface area contributed by atoms with Crippen LogP contribution in [0.1, 0.15) is 37.5 Å². The molecule has 0 fully saturated rings. The zero-order chi connectivity index (χ0) is 20.7. The molecule has 29 heavy (non-hydrogen) atoms. The van der Waals surface area contributed by atoms with Crippen LogP contribution in [0.2, 0.25) is 0 Å². The number of rotatable bonds is 6. The number of amides is 1. The van der Waals surface area contributed by atoms with E-state index in [0.29, 0.717) is 0 Å². The Morgan fingerprint density at radius 3 is 2.17 bits per heavy atom. The summed E-state index contributed by atoms with van der Waals surface area (Å²) in [6, 6.07) is 26.7. The molecule has 0 heterocycles. The Morgan fingerprint density at radius 2 is 1.55 bits per heavy atom. The topological polar surface area (TPSA) is 29.1 Å². The Hall–Kier alpha value is -2.78. The van der Waals surface area contributed by atoms with Crippen LogP contribution in [0, 0.1) is 0 Å². The van der Waals surface area contributed by atoms with Crippen LogP contribution in [-0.4, -0.2) is 5.91 Å². The summed E-state index contributed by atoms with van der Waals surface area (Å²) in [5.41, 5.74) is 4.46. The fourth-order valence-corrected chi connectivity index (χ4v) is 3.69. The molecule has 1 N–H and O–H groups in total. The highest BCUT2D eigenvalue weighted by Crippen LogP contribution is 2.24. The molecule has 3 rings (SSSR count). The lowest BCUT2D eigenvalue weighted by atomic mass is 9.87. The first kappa shape index (κ1) is 20.9. The number of carbonyl (C=O) groups is 1. The normalized spacial score (nSPS) is 11.6. The Labute approximate surface area is 178 Å². The maximum Gasteiger partial charge on any atom is 0.248 e. The first-order valence-corrected chi connectivity index (χ1v) is 10.8. The van der Waals surface area contributed by atoms with Crippen molar-refractivity contribution < 1.29 is 4.79 Å². The molecular weight excluding hydrogens is 374 g/mol. The summed E-state index contributed by atoms with van der Waals surface area (Å²) in [6.07, 6.45) is 3.41. The number of carbonyl (C=O) groups excluding carboxylic acids is 1. The number of hydrogen-bond acceptors (Lipinski definition) is 2. The van der Waals surface area contributed by atoms with Crippen molar-refractivity contribution in [2.75, 3.05) is 5.32 Å². The molecule has 0 bridgehead atoms. The van der Waals surface area contributed by atoms with Crippen LogP contribution in [0.4, 0.5) is 5.69 Å². The van der Waals surface area contributed by atoms with E-state index in [-0.39, 0.29) is 11.3 Å². The van der Waals surface area contributed by atoms with E-state index in [4.69, 9.17) is 0 Å². The van der Waals surface area contributed by atoms with Gasteiger partial charge in [0.25, 0.3) is 0 Å². The highest BCUT2D eigenvalue weighted by molar-refractivity contribution is 7.98. The largest absolute Gasteiger partial charge is 0.323 e. The molecule has 0 saturated carbocycles. The summed E-state index contributed by atoms with van der Waals surface area (Å²) in [4.78, 5) is 13.5. The van der Waals surface area contributed by atoms with E-state index in [1.54, 1.807) is 17.8 Å². The molecule has 0 spiro atoms. The van der Waals surface area contributed by atoms with Gasteiger partial charge in [0.05, 0.1) is 0 Å². The average molecular weight is 402 g/mol. The van der Waals surface area contributed by atoms with Crippen LogP contribution >= 0.6 is 11.8 Å². The van der Waals surface area contributed by atoms with Crippen LogP contribution in [0.3, 0.4) is 0 Å². The van der Waals surface area contributed by atoms with Crippen LogP contribution in [0.25, 0.3) is 6.08 Å². The van der Waals surface area contributed by atoms with Gasteiger partial charge in [-0.05, 0) is 52.4 Å². The highest BCUT2D eigenvalue weighted by atomic mass is 32.2. The minimum absolute atomic E-state index is 0.128. The molecule has 1 amide bonds. The maximum atomic E-state index is 12.2. The third-order valence-corrected chi connectivity index (χ3v) is 5.66. The minimum atomic E-state index is -0.128. The second kappa shape index (κ2) is 9.62. The highest BCUT2D eigenvalue weighted by Gasteiger charge is 2.12. The van der Waals surface area contributed by atoms with Crippen molar-refractivity contribution in [3.8, 4) is 0 Å². The van der Waals surface area contributed by atoms with Gasteiger partial charge in [-0.1, -0.05) is 75.4 Å². The molecule has 3 aromatic rings. The summed E-state index contributed by atoms with van der Waals surface area (Å²) in [6.45, 7) is 6.57. The van der Waals surface area contributed by atoms with E-state index in [9.17, 15) is 4.79 Å². The van der Waals surface area contributed by atoms with Gasteiger partial charge in [-0.3, -0.25) is 4.79 Å². The Kier molecular flexibility index (Phi) is 6.95. The SMILES string of the molecule is CC(C)(C)c1ccc(/C=C/C(=O)Nc2ccc(CSc3ccccc3)cc2)cc1. The first-order valence-electron chi connectivity index (χ1n) is 9.76. The molecule has 0 aromatic heterocycles. The molecule has 0 aliphatic heterocycles. The number of benzene rings is 3. The van der Waals surface area contributed by atoms with Crippen LogP contribution in [-0.2, 0) is 16.0 Å². The van der Waals surface area contributed by atoms with Gasteiger partial charge >= 0.3 is 0 Å². The van der Waals surface area contributed by atoms with Crippen molar-refractivity contribution in [2.45, 2.75) is 36.8 Å². The summed E-state index contributed by atoms with van der Waals surface area (Å²) in [5.74, 6) is 0.777. The number of thioether (sulfide) groups is 1. The van der Waals surface area contributed by atoms with Crippen molar-refractivity contribution in [1.82, 2.24) is 0 Å². The Bertz CT molecular complexity index is 952. The lowest BCUT2D eigenvalue weighted by Crippen LogP contribution is -2.10. The van der Waals surface area contributed by atoms with Crippen LogP contribution in [0.5, 0.6) is 0 Å². The third kappa shape index (κ3) is 6.65. The van der Waals surface area contributed by atoms with Gasteiger partial charge in [0.15, 0.2) is 0 Å². The first-order chi connectivity index (χ1) is 13.9. The number of anilines is 1. The molecule has 3 heteroatoms. The number of nitrogens with one attached hydrogen (secondary N) is 1. The lowest BCUT2D eigenvalue weighted by Gasteiger charge is -2.18. The second-order valence-corrected chi connectivity index (χ2v) is 9.04. The van der Waals surface area contributed by atoms with Crippen molar-refractivity contribution in [3.05, 3.63) is 102 Å². The van der Waals surface area contributed by atoms with Crippen LogP contribution < -0.4 is 5.32 Å². The van der Waals surface area contributed by atoms with Crippen molar-refractivity contribution in [2.24, 2.45) is 0 Å². The van der Waals surface area contributed by atoms with Crippen molar-refractivity contribution >= 4 is 29.4 Å². The van der Waals surface area contributed by atoms with Crippen LogP contribution in [0.15, 0.2) is 89.8 Å². The predicted molar refractivity (Wildman–Crippen MR) is 125 cm³/mol. The molecule has 0 aliphatic carbocycles. The zero-order valence-corrected chi connectivity index (χ0v) is 18.0. The van der Waals surface area contributed by atoms with Gasteiger partial charge in [-0.25, -0.2) is 0 Å². The summed E-state index contributed by atoms with van der Waals surface area (Å²) >= 11 is 1.80. The van der Waals surface area contributed by atoms with Gasteiger partial charge in [-0.15, -0.1) is 11.8 Å². The molecule has 0 unspecified atom stereocenters. The van der Waals surface area contributed by atoms with Gasteiger partial charge in [0.1, 0.15) is 0 Å². The second-order valence-electron chi connectivity index (χ2n) is 7.99. The maximum absolute atomic E-state index is 12.2. The van der Waals surface area contributed by atoms with E-state index in [1.807, 2.05) is 48.5 Å². The molecule has 2 nitrogen and oxygen atoms in total. The smallest absolute Gasteiger partial charge is 0.248 e. The fourth-order valence-electron chi connectivity index (χ4n) is 2.82. The van der Waals surface area contributed by atoms with Gasteiger partial charge in [0.2, 0.25) is 5.91 Å². The van der Waals surface area contributed by atoms with E-state index in [0.717, 1.165) is 17.0 Å². The van der Waals surface area contributed by atoms with Gasteiger partial charge in [-0.2, -0.15) is 0 Å². The van der Waals surface area contributed by atoms with E-state index < -0.39 is 0 Å². The molecule has 0 radical (unpaired) electrons.